The highest BCUT2D eigenvalue weighted by molar-refractivity contribution is 7.08. The van der Waals surface area contributed by atoms with E-state index in [9.17, 15) is 5.26 Å². The summed E-state index contributed by atoms with van der Waals surface area (Å²) >= 11 is 7.54. The number of rotatable bonds is 7. The summed E-state index contributed by atoms with van der Waals surface area (Å²) in [6.07, 6.45) is 1.76. The van der Waals surface area contributed by atoms with Gasteiger partial charge in [0.15, 0.2) is 0 Å². The van der Waals surface area contributed by atoms with Gasteiger partial charge in [-0.3, -0.25) is 0 Å². The summed E-state index contributed by atoms with van der Waals surface area (Å²) in [5.74, 6) is 1.14. The predicted octanol–water partition coefficient (Wildman–Crippen LogP) is 6.06. The van der Waals surface area contributed by atoms with Crippen LogP contribution in [0, 0.1) is 18.3 Å². The second-order valence-electron chi connectivity index (χ2n) is 6.53. The van der Waals surface area contributed by atoms with Crippen molar-refractivity contribution in [2.45, 2.75) is 13.8 Å². The zero-order valence-electron chi connectivity index (χ0n) is 17.1. The summed E-state index contributed by atoms with van der Waals surface area (Å²) in [7, 11) is 3.54. The van der Waals surface area contributed by atoms with E-state index in [1.54, 1.807) is 19.5 Å². The lowest BCUT2D eigenvalue weighted by molar-refractivity contribution is 0.415. The zero-order valence-corrected chi connectivity index (χ0v) is 18.7. The van der Waals surface area contributed by atoms with Crippen molar-refractivity contribution in [3.63, 3.8) is 0 Å². The molecule has 0 spiro atoms. The van der Waals surface area contributed by atoms with Crippen LogP contribution in [0.1, 0.15) is 18.1 Å². The third-order valence-corrected chi connectivity index (χ3v) is 5.48. The molecule has 30 heavy (non-hydrogen) atoms. The molecular weight excluding hydrogens is 420 g/mol. The lowest BCUT2D eigenvalue weighted by Gasteiger charge is -2.11. The molecular formula is C22H21ClN4O2S. The Kier molecular flexibility index (Phi) is 6.93. The lowest BCUT2D eigenvalue weighted by atomic mass is 10.1. The number of halogens is 1. The number of aryl methyl sites for hydroxylation is 1. The van der Waals surface area contributed by atoms with Gasteiger partial charge in [-0.2, -0.15) is 9.64 Å². The van der Waals surface area contributed by atoms with Crippen LogP contribution in [0.3, 0.4) is 0 Å². The fourth-order valence-electron chi connectivity index (χ4n) is 2.61. The van der Waals surface area contributed by atoms with Gasteiger partial charge in [0.25, 0.3) is 0 Å². The number of aromatic nitrogens is 1. The molecule has 0 bridgehead atoms. The first kappa shape index (κ1) is 21.6. The molecule has 0 aliphatic rings. The average Bonchev–Trinajstić information content (AvgIpc) is 3.17. The third-order valence-electron chi connectivity index (χ3n) is 4.46. The van der Waals surface area contributed by atoms with Crippen molar-refractivity contribution in [2.75, 3.05) is 20.7 Å². The van der Waals surface area contributed by atoms with Gasteiger partial charge < -0.3 is 14.4 Å². The van der Waals surface area contributed by atoms with E-state index in [-0.39, 0.29) is 0 Å². The first-order valence-electron chi connectivity index (χ1n) is 9.23. The Hall–Kier alpha value is -3.08. The van der Waals surface area contributed by atoms with Crippen molar-refractivity contribution in [1.82, 2.24) is 9.27 Å². The molecule has 1 aromatic heterocycles. The van der Waals surface area contributed by atoms with E-state index in [0.717, 1.165) is 34.9 Å². The van der Waals surface area contributed by atoms with Crippen molar-refractivity contribution in [3.8, 4) is 33.9 Å². The standard InChI is InChI=1S/C22H21ClN4O2S/c1-5-27(3)13-25-19-11-18(23)20(9-14(19)2)29-22-17(12-24)21(26-30-22)15-7-6-8-16(10-15)28-4/h6-11,13H,5H2,1-4H3. The van der Waals surface area contributed by atoms with Crippen LogP contribution < -0.4 is 9.47 Å². The fourth-order valence-corrected chi connectivity index (χ4v) is 3.54. The molecule has 1 heterocycles. The maximum Gasteiger partial charge on any atom is 0.218 e. The Bertz CT molecular complexity index is 1120. The molecule has 6 nitrogen and oxygen atoms in total. The van der Waals surface area contributed by atoms with Crippen molar-refractivity contribution in [1.29, 1.82) is 5.26 Å². The summed E-state index contributed by atoms with van der Waals surface area (Å²) in [6, 6.07) is 13.2. The lowest BCUT2D eigenvalue weighted by Crippen LogP contribution is -2.14. The fraction of sp³-hybridized carbons (Fsp3) is 0.227. The normalized spacial score (nSPS) is 10.8. The van der Waals surface area contributed by atoms with Gasteiger partial charge in [0, 0.05) is 30.7 Å². The number of nitrogens with zero attached hydrogens (tertiary/aromatic N) is 4. The quantitative estimate of drug-likeness (QED) is 0.330. The smallest absolute Gasteiger partial charge is 0.218 e. The molecule has 3 rings (SSSR count). The highest BCUT2D eigenvalue weighted by Crippen LogP contribution is 2.40. The number of ether oxygens (including phenoxy) is 2. The molecule has 0 amide bonds. The number of hydrogen-bond acceptors (Lipinski definition) is 6. The first-order chi connectivity index (χ1) is 14.5. The van der Waals surface area contributed by atoms with Crippen LogP contribution in [0.15, 0.2) is 41.4 Å². The predicted molar refractivity (Wildman–Crippen MR) is 122 cm³/mol. The number of nitriles is 1. The molecule has 8 heteroatoms. The minimum Gasteiger partial charge on any atom is -0.497 e. The summed E-state index contributed by atoms with van der Waals surface area (Å²) in [5, 5.41) is 10.5. The van der Waals surface area contributed by atoms with Gasteiger partial charge in [-0.25, -0.2) is 4.99 Å². The molecule has 0 fully saturated rings. The molecule has 0 atom stereocenters. The van der Waals surface area contributed by atoms with Crippen LogP contribution in [0.4, 0.5) is 5.69 Å². The Morgan fingerprint density at radius 3 is 2.83 bits per heavy atom. The number of hydrogen-bond donors (Lipinski definition) is 0. The third kappa shape index (κ3) is 4.73. The number of aliphatic imine (C=N–C) groups is 1. The maximum atomic E-state index is 9.72. The Labute approximate surface area is 185 Å². The van der Waals surface area contributed by atoms with Gasteiger partial charge in [0.2, 0.25) is 5.06 Å². The number of benzene rings is 2. The SMILES string of the molecule is CCN(C)C=Nc1cc(Cl)c(Oc2snc(-c3cccc(OC)c3)c2C#N)cc1C. The number of methoxy groups -OCH3 is 1. The average molecular weight is 441 g/mol. The van der Waals surface area contributed by atoms with Gasteiger partial charge in [-0.05, 0) is 43.7 Å². The van der Waals surface area contributed by atoms with Crippen molar-refractivity contribution < 1.29 is 9.47 Å². The Morgan fingerprint density at radius 1 is 1.33 bits per heavy atom. The molecule has 0 N–H and O–H groups in total. The van der Waals surface area contributed by atoms with E-state index in [0.29, 0.717) is 32.8 Å². The van der Waals surface area contributed by atoms with Gasteiger partial charge in [0.05, 0.1) is 24.2 Å². The summed E-state index contributed by atoms with van der Waals surface area (Å²) in [6.45, 7) is 4.83. The summed E-state index contributed by atoms with van der Waals surface area (Å²) in [4.78, 5) is 6.43. The second-order valence-corrected chi connectivity index (χ2v) is 7.67. The summed E-state index contributed by atoms with van der Waals surface area (Å²) in [5.41, 5.74) is 3.35. The highest BCUT2D eigenvalue weighted by Gasteiger charge is 2.19. The molecule has 154 valence electrons. The minimum atomic E-state index is 0.355. The molecule has 2 aromatic carbocycles. The molecule has 0 aliphatic carbocycles. The van der Waals surface area contributed by atoms with Gasteiger partial charge >= 0.3 is 0 Å². The molecule has 0 unspecified atom stereocenters. The zero-order chi connectivity index (χ0) is 21.7. The molecule has 0 radical (unpaired) electrons. The van der Waals surface area contributed by atoms with Crippen LogP contribution in [-0.2, 0) is 0 Å². The monoisotopic (exact) mass is 440 g/mol. The largest absolute Gasteiger partial charge is 0.497 e. The van der Waals surface area contributed by atoms with Crippen LogP contribution in [0.5, 0.6) is 16.6 Å². The van der Waals surface area contributed by atoms with Gasteiger partial charge in [0.1, 0.15) is 28.8 Å². The second kappa shape index (κ2) is 9.61. The highest BCUT2D eigenvalue weighted by atomic mass is 35.5. The molecule has 0 saturated carbocycles. The first-order valence-corrected chi connectivity index (χ1v) is 10.4. The van der Waals surface area contributed by atoms with Crippen LogP contribution in [0.2, 0.25) is 5.02 Å². The van der Waals surface area contributed by atoms with E-state index in [1.807, 2.05) is 56.1 Å². The van der Waals surface area contributed by atoms with Gasteiger partial charge in [-0.15, -0.1) is 0 Å². The summed E-state index contributed by atoms with van der Waals surface area (Å²) < 4.78 is 15.7. The molecule has 0 saturated heterocycles. The van der Waals surface area contributed by atoms with Crippen LogP contribution in [0.25, 0.3) is 11.3 Å². The van der Waals surface area contributed by atoms with Crippen molar-refractivity contribution >= 4 is 35.2 Å². The topological polar surface area (TPSA) is 70.7 Å². The Balaban J connectivity index is 1.92. The van der Waals surface area contributed by atoms with Crippen molar-refractivity contribution in [3.05, 3.63) is 52.5 Å². The van der Waals surface area contributed by atoms with Gasteiger partial charge in [-0.1, -0.05) is 23.7 Å². The van der Waals surface area contributed by atoms with Crippen LogP contribution >= 0.6 is 23.1 Å². The van der Waals surface area contributed by atoms with E-state index < -0.39 is 0 Å². The Morgan fingerprint density at radius 2 is 2.13 bits per heavy atom. The minimum absolute atomic E-state index is 0.355. The molecule has 0 aliphatic heterocycles. The van der Waals surface area contributed by atoms with E-state index in [4.69, 9.17) is 21.1 Å². The van der Waals surface area contributed by atoms with E-state index in [1.165, 1.54) is 0 Å². The van der Waals surface area contributed by atoms with Crippen LogP contribution in [-0.4, -0.2) is 36.3 Å². The van der Waals surface area contributed by atoms with E-state index in [2.05, 4.69) is 15.4 Å². The molecule has 3 aromatic rings. The van der Waals surface area contributed by atoms with Crippen molar-refractivity contribution in [2.24, 2.45) is 4.99 Å². The van der Waals surface area contributed by atoms with E-state index >= 15 is 0 Å². The maximum absolute atomic E-state index is 9.72.